The van der Waals surface area contributed by atoms with E-state index in [0.29, 0.717) is 21.9 Å². The molecule has 1 aromatic carbocycles. The number of nitriles is 1. The van der Waals surface area contributed by atoms with Gasteiger partial charge in [0.25, 0.3) is 5.91 Å². The molecule has 0 spiro atoms. The molecule has 0 saturated carbocycles. The molecule has 5 rings (SSSR count). The van der Waals surface area contributed by atoms with Crippen molar-refractivity contribution in [2.45, 2.75) is 50.4 Å². The number of aromatic nitrogens is 2. The third-order valence-electron chi connectivity index (χ3n) is 6.43. The number of halogens is 3. The van der Waals surface area contributed by atoms with Crippen molar-refractivity contribution < 1.29 is 22.7 Å². The first kappa shape index (κ1) is 23.2. The summed E-state index contributed by atoms with van der Waals surface area (Å²) in [5.74, 6) is -0.0101. The van der Waals surface area contributed by atoms with Crippen LogP contribution in [0, 0.1) is 11.3 Å². The van der Waals surface area contributed by atoms with E-state index in [9.17, 15) is 23.2 Å². The Kier molecular flexibility index (Phi) is 5.92. The van der Waals surface area contributed by atoms with E-state index in [1.54, 1.807) is 24.3 Å². The minimum absolute atomic E-state index is 0.0996. The second kappa shape index (κ2) is 8.92. The number of rotatable bonds is 4. The zero-order valence-electron chi connectivity index (χ0n) is 18.8. The van der Waals surface area contributed by atoms with Crippen LogP contribution in [0.3, 0.4) is 0 Å². The zero-order chi connectivity index (χ0) is 24.7. The molecule has 0 fully saturated rings. The Hall–Kier alpha value is -3.52. The molecule has 1 aliphatic heterocycles. The summed E-state index contributed by atoms with van der Waals surface area (Å²) in [5.41, 5.74) is 1.89. The smallest absolute Gasteiger partial charge is 0.410 e. The maximum Gasteiger partial charge on any atom is 0.410 e. The summed E-state index contributed by atoms with van der Waals surface area (Å²) in [5, 5.41) is 19.8. The van der Waals surface area contributed by atoms with Crippen molar-refractivity contribution in [3.8, 4) is 11.8 Å². The van der Waals surface area contributed by atoms with Crippen molar-refractivity contribution in [3.63, 3.8) is 0 Å². The topological polar surface area (TPSA) is 92.0 Å². The van der Waals surface area contributed by atoms with Crippen LogP contribution in [0.4, 0.5) is 24.0 Å². The highest BCUT2D eigenvalue weighted by Gasteiger charge is 2.47. The average Bonchev–Trinajstić information content (AvgIpc) is 3.43. The Bertz CT molecular complexity index is 1320. The number of alkyl halides is 3. The van der Waals surface area contributed by atoms with Crippen molar-refractivity contribution in [1.82, 2.24) is 9.78 Å². The molecule has 0 radical (unpaired) electrons. The van der Waals surface area contributed by atoms with Crippen LogP contribution in [0.25, 0.3) is 0 Å². The Morgan fingerprint density at radius 3 is 2.86 bits per heavy atom. The Morgan fingerprint density at radius 1 is 1.31 bits per heavy atom. The summed E-state index contributed by atoms with van der Waals surface area (Å²) in [6, 6.07) is 7.80. The standard InChI is InChI=1S/C24H22F3N5O2S/c1-34-14-6-4-5-13(9-14)17-10-20(24(25,26)27)32-21(29-17)11-18(31-32)22(33)30-23-16(12-28)15-7-2-3-8-19(15)35-23/h4-6,9,11,17,20,29H,2-3,7-8,10H2,1H3,(H,30,33)/t17-,20-/m0/s1. The van der Waals surface area contributed by atoms with E-state index in [1.807, 2.05) is 0 Å². The first-order valence-electron chi connectivity index (χ1n) is 11.2. The number of nitrogens with one attached hydrogen (secondary N) is 2. The molecule has 2 aliphatic rings. The first-order valence-corrected chi connectivity index (χ1v) is 12.0. The molecular formula is C24H22F3N5O2S. The summed E-state index contributed by atoms with van der Waals surface area (Å²) in [7, 11) is 1.49. The molecule has 182 valence electrons. The average molecular weight is 502 g/mol. The fraction of sp³-hybridized carbons (Fsp3) is 0.375. The zero-order valence-corrected chi connectivity index (χ0v) is 19.6. The number of methoxy groups -OCH3 is 1. The fourth-order valence-corrected chi connectivity index (χ4v) is 5.94. The van der Waals surface area contributed by atoms with Crippen molar-refractivity contribution in [2.75, 3.05) is 17.7 Å². The Morgan fingerprint density at radius 2 is 2.11 bits per heavy atom. The number of amides is 1. The monoisotopic (exact) mass is 501 g/mol. The predicted molar refractivity (Wildman–Crippen MR) is 125 cm³/mol. The van der Waals surface area contributed by atoms with Crippen molar-refractivity contribution in [3.05, 3.63) is 57.6 Å². The number of aryl methyl sites for hydroxylation is 1. The highest BCUT2D eigenvalue weighted by molar-refractivity contribution is 7.16. The van der Waals surface area contributed by atoms with Crippen molar-refractivity contribution in [1.29, 1.82) is 5.26 Å². The molecule has 2 aromatic heterocycles. The molecule has 0 saturated heterocycles. The van der Waals surface area contributed by atoms with Gasteiger partial charge in [-0.1, -0.05) is 12.1 Å². The first-order chi connectivity index (χ1) is 16.8. The molecule has 7 nitrogen and oxygen atoms in total. The van der Waals surface area contributed by atoms with Crippen LogP contribution >= 0.6 is 11.3 Å². The number of benzene rings is 1. The predicted octanol–water partition coefficient (Wildman–Crippen LogP) is 5.62. The Balaban J connectivity index is 1.45. The number of anilines is 2. The molecule has 3 heterocycles. The van der Waals surface area contributed by atoms with Crippen LogP contribution in [-0.4, -0.2) is 29.0 Å². The second-order valence-electron chi connectivity index (χ2n) is 8.61. The highest BCUT2D eigenvalue weighted by atomic mass is 32.1. The van der Waals surface area contributed by atoms with Crippen molar-refractivity contribution >= 4 is 28.1 Å². The number of hydrogen-bond acceptors (Lipinski definition) is 6. The summed E-state index contributed by atoms with van der Waals surface area (Å²) in [4.78, 5) is 14.1. The molecule has 0 bridgehead atoms. The number of carbonyl (C=O) groups excluding carboxylic acids is 1. The number of carbonyl (C=O) groups is 1. The van der Waals surface area contributed by atoms with Gasteiger partial charge in [0.1, 0.15) is 22.6 Å². The second-order valence-corrected chi connectivity index (χ2v) is 9.71. The summed E-state index contributed by atoms with van der Waals surface area (Å²) < 4.78 is 48.0. The normalized spacial score (nSPS) is 19.2. The van der Waals surface area contributed by atoms with Gasteiger partial charge in [0, 0.05) is 17.4 Å². The molecule has 2 N–H and O–H groups in total. The van der Waals surface area contributed by atoms with E-state index < -0.39 is 24.2 Å². The van der Waals surface area contributed by atoms with Crippen LogP contribution in [0.15, 0.2) is 30.3 Å². The third kappa shape index (κ3) is 4.34. The van der Waals surface area contributed by atoms with Crippen LogP contribution in [-0.2, 0) is 12.8 Å². The highest BCUT2D eigenvalue weighted by Crippen LogP contribution is 2.44. The molecule has 2 atom stereocenters. The molecule has 3 aromatic rings. The third-order valence-corrected chi connectivity index (χ3v) is 7.64. The van der Waals surface area contributed by atoms with Gasteiger partial charge in [0.2, 0.25) is 0 Å². The van der Waals surface area contributed by atoms with Gasteiger partial charge < -0.3 is 15.4 Å². The SMILES string of the molecule is COc1cccc([C@@H]2C[C@@H](C(F)(F)F)n3nc(C(=O)Nc4sc5c(c4C#N)CCCC5)cc3N2)c1. The number of ether oxygens (including phenoxy) is 1. The Labute approximate surface area is 203 Å². The van der Waals surface area contributed by atoms with E-state index in [1.165, 1.54) is 24.5 Å². The maximum atomic E-state index is 14.0. The fourth-order valence-electron chi connectivity index (χ4n) is 4.70. The van der Waals surface area contributed by atoms with E-state index in [0.717, 1.165) is 40.8 Å². The lowest BCUT2D eigenvalue weighted by Crippen LogP contribution is -2.35. The van der Waals surface area contributed by atoms with Crippen LogP contribution in [0.2, 0.25) is 0 Å². The molecule has 35 heavy (non-hydrogen) atoms. The van der Waals surface area contributed by atoms with Crippen LogP contribution in [0.5, 0.6) is 5.75 Å². The van der Waals surface area contributed by atoms with E-state index in [-0.39, 0.29) is 17.9 Å². The van der Waals surface area contributed by atoms with E-state index >= 15 is 0 Å². The minimum atomic E-state index is -4.56. The minimum Gasteiger partial charge on any atom is -0.497 e. The van der Waals surface area contributed by atoms with Gasteiger partial charge in [-0.3, -0.25) is 4.79 Å². The summed E-state index contributed by atoms with van der Waals surface area (Å²) in [6.45, 7) is 0. The lowest BCUT2D eigenvalue weighted by Gasteiger charge is -2.33. The molecule has 0 unspecified atom stereocenters. The van der Waals surface area contributed by atoms with Gasteiger partial charge in [0.05, 0.1) is 18.7 Å². The molecule has 11 heteroatoms. The van der Waals surface area contributed by atoms with Gasteiger partial charge >= 0.3 is 6.18 Å². The van der Waals surface area contributed by atoms with Crippen LogP contribution in [0.1, 0.15) is 63.4 Å². The lowest BCUT2D eigenvalue weighted by atomic mass is 9.96. The van der Waals surface area contributed by atoms with Gasteiger partial charge in [0.15, 0.2) is 11.7 Å². The quantitative estimate of drug-likeness (QED) is 0.484. The van der Waals surface area contributed by atoms with Gasteiger partial charge in [-0.25, -0.2) is 4.68 Å². The van der Waals surface area contributed by atoms with Crippen LogP contribution < -0.4 is 15.4 Å². The van der Waals surface area contributed by atoms with E-state index in [2.05, 4.69) is 21.8 Å². The van der Waals surface area contributed by atoms with E-state index in [4.69, 9.17) is 4.74 Å². The lowest BCUT2D eigenvalue weighted by molar-refractivity contribution is -0.173. The number of nitrogens with zero attached hydrogens (tertiary/aromatic N) is 3. The molecular weight excluding hydrogens is 479 g/mol. The number of hydrogen-bond donors (Lipinski definition) is 2. The molecule has 1 aliphatic carbocycles. The molecule has 1 amide bonds. The van der Waals surface area contributed by atoms with Crippen molar-refractivity contribution in [2.24, 2.45) is 0 Å². The van der Waals surface area contributed by atoms with Gasteiger partial charge in [-0.2, -0.15) is 23.5 Å². The summed E-state index contributed by atoms with van der Waals surface area (Å²) >= 11 is 1.35. The largest absolute Gasteiger partial charge is 0.497 e. The van der Waals surface area contributed by atoms with Gasteiger partial charge in [-0.15, -0.1) is 11.3 Å². The number of fused-ring (bicyclic) bond motifs is 2. The van der Waals surface area contributed by atoms with Gasteiger partial charge in [-0.05, 0) is 48.9 Å². The maximum absolute atomic E-state index is 14.0. The number of thiophene rings is 1. The summed E-state index contributed by atoms with van der Waals surface area (Å²) in [6.07, 6.45) is -1.20.